The molecule has 15 heavy (non-hydrogen) atoms. The van der Waals surface area contributed by atoms with Gasteiger partial charge in [-0.25, -0.2) is 8.78 Å². The Bertz CT molecular complexity index is 357. The molecule has 0 atom stereocenters. The largest absolute Gasteiger partial charge is 0.491 e. The Morgan fingerprint density at radius 3 is 2.33 bits per heavy atom. The van der Waals surface area contributed by atoms with Crippen LogP contribution in [0.1, 0.15) is 16.8 Å². The summed E-state index contributed by atoms with van der Waals surface area (Å²) in [7, 11) is 1.16. The van der Waals surface area contributed by atoms with Crippen LogP contribution < -0.4 is 10.5 Å². The van der Waals surface area contributed by atoms with Crippen LogP contribution in [0.15, 0.2) is 12.1 Å². The highest BCUT2D eigenvalue weighted by molar-refractivity contribution is 5.96. The third-order valence-corrected chi connectivity index (χ3v) is 1.90. The van der Waals surface area contributed by atoms with Crippen molar-refractivity contribution in [1.29, 1.82) is 0 Å². The number of benzene rings is 1. The van der Waals surface area contributed by atoms with E-state index in [2.05, 4.69) is 4.74 Å². The van der Waals surface area contributed by atoms with Gasteiger partial charge in [0.2, 0.25) is 0 Å². The minimum Gasteiger partial charge on any atom is -0.491 e. The van der Waals surface area contributed by atoms with Crippen LogP contribution in [-0.4, -0.2) is 19.4 Å². The molecule has 0 aliphatic carbocycles. The second kappa shape index (κ2) is 4.84. The summed E-state index contributed by atoms with van der Waals surface area (Å²) >= 11 is 0. The lowest BCUT2D eigenvalue weighted by atomic mass is 10.1. The summed E-state index contributed by atoms with van der Waals surface area (Å²) < 4.78 is 30.8. The third kappa shape index (κ3) is 2.50. The molecule has 1 rings (SSSR count). The van der Waals surface area contributed by atoms with Crippen LogP contribution in [0.2, 0.25) is 0 Å². The van der Waals surface area contributed by atoms with Gasteiger partial charge in [0.1, 0.15) is 0 Å². The molecular weight excluding hydrogens is 204 g/mol. The van der Waals surface area contributed by atoms with E-state index in [0.717, 1.165) is 19.2 Å². The molecule has 0 spiro atoms. The van der Waals surface area contributed by atoms with Gasteiger partial charge in [0.15, 0.2) is 23.2 Å². The van der Waals surface area contributed by atoms with E-state index in [1.54, 1.807) is 0 Å². The molecule has 0 aliphatic rings. The summed E-state index contributed by atoms with van der Waals surface area (Å²) in [5.41, 5.74) is 5.13. The fraction of sp³-hybridized carbons (Fsp3) is 0.300. The molecule has 0 aromatic heterocycles. The Hall–Kier alpha value is -1.49. The Balaban J connectivity index is 3.08. The average molecular weight is 215 g/mol. The van der Waals surface area contributed by atoms with Gasteiger partial charge in [0, 0.05) is 12.0 Å². The van der Waals surface area contributed by atoms with Gasteiger partial charge >= 0.3 is 0 Å². The molecule has 0 heterocycles. The second-order valence-electron chi connectivity index (χ2n) is 2.93. The molecule has 0 saturated carbocycles. The second-order valence-corrected chi connectivity index (χ2v) is 2.93. The number of ether oxygens (including phenoxy) is 1. The molecule has 5 heteroatoms. The van der Waals surface area contributed by atoms with Gasteiger partial charge in [-0.15, -0.1) is 0 Å². The molecule has 0 radical (unpaired) electrons. The lowest BCUT2D eigenvalue weighted by Gasteiger charge is -2.05. The summed E-state index contributed by atoms with van der Waals surface area (Å²) in [6.07, 6.45) is 0.0607. The molecule has 1 aromatic carbocycles. The van der Waals surface area contributed by atoms with Crippen molar-refractivity contribution in [2.45, 2.75) is 6.42 Å². The number of hydrogen-bond donors (Lipinski definition) is 1. The summed E-state index contributed by atoms with van der Waals surface area (Å²) in [4.78, 5) is 11.3. The van der Waals surface area contributed by atoms with Gasteiger partial charge in [0.25, 0.3) is 0 Å². The van der Waals surface area contributed by atoms with Crippen LogP contribution in [0.4, 0.5) is 8.78 Å². The van der Waals surface area contributed by atoms with Gasteiger partial charge in [-0.3, -0.25) is 4.79 Å². The average Bonchev–Trinajstić information content (AvgIpc) is 2.17. The van der Waals surface area contributed by atoms with E-state index >= 15 is 0 Å². The molecule has 2 N–H and O–H groups in total. The number of carbonyl (C=O) groups is 1. The SMILES string of the molecule is COc1c(F)cc(C(=O)CCN)cc1F. The standard InChI is InChI=1S/C10H11F2NO2/c1-15-10-7(11)4-6(5-8(10)12)9(14)2-3-13/h4-5H,2-3,13H2,1H3. The molecule has 82 valence electrons. The number of ketones is 1. The number of rotatable bonds is 4. The van der Waals surface area contributed by atoms with E-state index in [-0.39, 0.29) is 18.5 Å². The molecule has 3 nitrogen and oxygen atoms in total. The van der Waals surface area contributed by atoms with Crippen molar-refractivity contribution < 1.29 is 18.3 Å². The summed E-state index contributed by atoms with van der Waals surface area (Å²) in [6.45, 7) is 0.147. The maximum atomic E-state index is 13.2. The van der Waals surface area contributed by atoms with Crippen LogP contribution in [0.25, 0.3) is 0 Å². The molecule has 0 saturated heterocycles. The monoisotopic (exact) mass is 215 g/mol. The number of halogens is 2. The first-order valence-corrected chi connectivity index (χ1v) is 4.36. The first kappa shape index (κ1) is 11.6. The van der Waals surface area contributed by atoms with E-state index in [4.69, 9.17) is 5.73 Å². The van der Waals surface area contributed by atoms with Crippen LogP contribution >= 0.6 is 0 Å². The Labute approximate surface area is 85.8 Å². The molecular formula is C10H11F2NO2. The van der Waals surface area contributed by atoms with Crippen molar-refractivity contribution in [1.82, 2.24) is 0 Å². The fourth-order valence-corrected chi connectivity index (χ4v) is 1.19. The lowest BCUT2D eigenvalue weighted by Crippen LogP contribution is -2.09. The maximum Gasteiger partial charge on any atom is 0.190 e. The van der Waals surface area contributed by atoms with Crippen molar-refractivity contribution in [3.05, 3.63) is 29.3 Å². The van der Waals surface area contributed by atoms with E-state index in [0.29, 0.717) is 0 Å². The van der Waals surface area contributed by atoms with Gasteiger partial charge in [-0.1, -0.05) is 0 Å². The fourth-order valence-electron chi connectivity index (χ4n) is 1.19. The molecule has 0 amide bonds. The van der Waals surface area contributed by atoms with Gasteiger partial charge in [-0.05, 0) is 18.7 Å². The van der Waals surface area contributed by atoms with Crippen LogP contribution in [0.3, 0.4) is 0 Å². The Morgan fingerprint density at radius 1 is 1.40 bits per heavy atom. The van der Waals surface area contributed by atoms with Crippen LogP contribution in [0.5, 0.6) is 5.75 Å². The van der Waals surface area contributed by atoms with Gasteiger partial charge in [-0.2, -0.15) is 0 Å². The summed E-state index contributed by atoms with van der Waals surface area (Å²) in [6, 6.07) is 1.89. The van der Waals surface area contributed by atoms with Gasteiger partial charge in [0.05, 0.1) is 7.11 Å². The first-order chi connectivity index (χ1) is 7.10. The van der Waals surface area contributed by atoms with Crippen molar-refractivity contribution in [3.8, 4) is 5.75 Å². The lowest BCUT2D eigenvalue weighted by molar-refractivity contribution is 0.0984. The molecule has 0 fully saturated rings. The topological polar surface area (TPSA) is 52.3 Å². The van der Waals surface area contributed by atoms with Gasteiger partial charge < -0.3 is 10.5 Å². The number of Topliss-reactive ketones (excluding diaryl/α,β-unsaturated/α-hetero) is 1. The van der Waals surface area contributed by atoms with E-state index < -0.39 is 23.2 Å². The highest BCUT2D eigenvalue weighted by Crippen LogP contribution is 2.23. The normalized spacial score (nSPS) is 10.1. The number of hydrogen-bond acceptors (Lipinski definition) is 3. The number of carbonyl (C=O) groups excluding carboxylic acids is 1. The first-order valence-electron chi connectivity index (χ1n) is 4.36. The van der Waals surface area contributed by atoms with Crippen molar-refractivity contribution in [2.75, 3.05) is 13.7 Å². The highest BCUT2D eigenvalue weighted by atomic mass is 19.1. The minimum atomic E-state index is -0.891. The molecule has 0 unspecified atom stereocenters. The Kier molecular flexibility index (Phi) is 3.74. The minimum absolute atomic E-state index is 0.0312. The summed E-state index contributed by atoms with van der Waals surface area (Å²) in [5, 5.41) is 0. The number of nitrogens with two attached hydrogens (primary N) is 1. The summed E-state index contributed by atoms with van der Waals surface area (Å²) in [5.74, 6) is -2.66. The van der Waals surface area contributed by atoms with Crippen molar-refractivity contribution in [3.63, 3.8) is 0 Å². The van der Waals surface area contributed by atoms with Crippen LogP contribution in [-0.2, 0) is 0 Å². The molecule has 1 aromatic rings. The molecule has 0 bridgehead atoms. The predicted octanol–water partition coefficient (Wildman–Crippen LogP) is 1.50. The zero-order chi connectivity index (χ0) is 11.4. The maximum absolute atomic E-state index is 13.2. The smallest absolute Gasteiger partial charge is 0.190 e. The quantitative estimate of drug-likeness (QED) is 0.774. The van der Waals surface area contributed by atoms with E-state index in [1.807, 2.05) is 0 Å². The van der Waals surface area contributed by atoms with E-state index in [9.17, 15) is 13.6 Å². The highest BCUT2D eigenvalue weighted by Gasteiger charge is 2.14. The molecule has 0 aliphatic heterocycles. The van der Waals surface area contributed by atoms with E-state index in [1.165, 1.54) is 0 Å². The Morgan fingerprint density at radius 2 is 1.93 bits per heavy atom. The predicted molar refractivity (Wildman–Crippen MR) is 50.9 cm³/mol. The zero-order valence-electron chi connectivity index (χ0n) is 8.22. The number of methoxy groups -OCH3 is 1. The third-order valence-electron chi connectivity index (χ3n) is 1.90. The van der Waals surface area contributed by atoms with Crippen molar-refractivity contribution >= 4 is 5.78 Å². The van der Waals surface area contributed by atoms with Crippen LogP contribution in [0, 0.1) is 11.6 Å². The van der Waals surface area contributed by atoms with Crippen molar-refractivity contribution in [2.24, 2.45) is 5.73 Å². The zero-order valence-corrected chi connectivity index (χ0v) is 8.22.